The van der Waals surface area contributed by atoms with Gasteiger partial charge in [-0.25, -0.2) is 0 Å². The van der Waals surface area contributed by atoms with E-state index >= 15 is 0 Å². The number of thioether (sulfide) groups is 1. The van der Waals surface area contributed by atoms with Crippen molar-refractivity contribution in [3.8, 4) is 11.3 Å². The fraction of sp³-hybridized carbons (Fsp3) is 0.111. The number of benzene rings is 2. The molecular weight excluding hydrogens is 308 g/mol. The Balaban J connectivity index is 2.24. The second-order valence-electron chi connectivity index (χ2n) is 5.20. The summed E-state index contributed by atoms with van der Waals surface area (Å²) in [5.41, 5.74) is 8.28. The van der Waals surface area contributed by atoms with Crippen LogP contribution < -0.4 is 11.2 Å². The van der Waals surface area contributed by atoms with Gasteiger partial charge in [-0.05, 0) is 13.0 Å². The number of rotatable bonds is 3. The van der Waals surface area contributed by atoms with Crippen LogP contribution in [0.5, 0.6) is 0 Å². The number of nitrogens with two attached hydrogens (primary N) is 1. The maximum absolute atomic E-state index is 12.7. The van der Waals surface area contributed by atoms with Crippen LogP contribution in [0.2, 0.25) is 0 Å². The van der Waals surface area contributed by atoms with E-state index in [1.807, 2.05) is 42.5 Å². The summed E-state index contributed by atoms with van der Waals surface area (Å²) in [5, 5.41) is 7.95. The van der Waals surface area contributed by atoms with E-state index in [4.69, 9.17) is 15.6 Å². The highest BCUT2D eigenvalue weighted by Crippen LogP contribution is 2.28. The van der Waals surface area contributed by atoms with E-state index < -0.39 is 0 Å². The fourth-order valence-electron chi connectivity index (χ4n) is 2.50. The normalized spacial score (nSPS) is 10.8. The summed E-state index contributed by atoms with van der Waals surface area (Å²) in [4.78, 5) is 12.7. The van der Waals surface area contributed by atoms with E-state index in [2.05, 4.69) is 0 Å². The molecule has 0 saturated heterocycles. The minimum Gasteiger partial charge on any atom is -0.455 e. The average molecular weight is 324 g/mol. The molecule has 1 aromatic heterocycles. The fourth-order valence-corrected chi connectivity index (χ4v) is 3.04. The van der Waals surface area contributed by atoms with Crippen LogP contribution in [0.25, 0.3) is 22.3 Å². The van der Waals surface area contributed by atoms with Gasteiger partial charge in [0.2, 0.25) is 0 Å². The standard InChI is InChI=1S/C18H16N2O2S/c1-11-15(21)14-9-5-8-13(10-23-18(19)20)17(14)22-16(11)12-6-3-2-4-7-12/h2-9H,10H2,1H3,(H3,19,20). The van der Waals surface area contributed by atoms with Gasteiger partial charge in [-0.15, -0.1) is 0 Å². The summed E-state index contributed by atoms with van der Waals surface area (Å²) in [6.07, 6.45) is 0. The summed E-state index contributed by atoms with van der Waals surface area (Å²) in [5.74, 6) is 1.08. The average Bonchev–Trinajstić information content (AvgIpc) is 2.57. The molecule has 0 radical (unpaired) electrons. The third kappa shape index (κ3) is 3.00. The molecule has 1 heterocycles. The molecule has 0 fully saturated rings. The van der Waals surface area contributed by atoms with E-state index in [0.29, 0.717) is 28.0 Å². The topological polar surface area (TPSA) is 80.1 Å². The highest BCUT2D eigenvalue weighted by molar-refractivity contribution is 8.13. The van der Waals surface area contributed by atoms with E-state index in [9.17, 15) is 4.79 Å². The molecular formula is C18H16N2O2S. The predicted molar refractivity (Wildman–Crippen MR) is 95.9 cm³/mol. The third-order valence-electron chi connectivity index (χ3n) is 3.65. The predicted octanol–water partition coefficient (Wildman–Crippen LogP) is 3.90. The van der Waals surface area contributed by atoms with Gasteiger partial charge in [0.15, 0.2) is 10.6 Å². The van der Waals surface area contributed by atoms with Gasteiger partial charge in [0.1, 0.15) is 11.3 Å². The molecule has 0 amide bonds. The molecule has 3 rings (SSSR count). The molecule has 5 heteroatoms. The Bertz CT molecular complexity index is 933. The lowest BCUT2D eigenvalue weighted by molar-refractivity contribution is 0.611. The molecule has 0 bridgehead atoms. The molecule has 23 heavy (non-hydrogen) atoms. The zero-order chi connectivity index (χ0) is 16.4. The largest absolute Gasteiger partial charge is 0.455 e. The Kier molecular flexibility index (Phi) is 4.21. The van der Waals surface area contributed by atoms with E-state index in [1.165, 1.54) is 11.8 Å². The van der Waals surface area contributed by atoms with Crippen molar-refractivity contribution < 1.29 is 4.42 Å². The highest BCUT2D eigenvalue weighted by Gasteiger charge is 2.14. The van der Waals surface area contributed by atoms with Gasteiger partial charge < -0.3 is 10.2 Å². The smallest absolute Gasteiger partial charge is 0.196 e. The molecule has 0 unspecified atom stereocenters. The van der Waals surface area contributed by atoms with Crippen LogP contribution in [0.1, 0.15) is 11.1 Å². The van der Waals surface area contributed by atoms with Gasteiger partial charge in [0.05, 0.1) is 5.39 Å². The first kappa shape index (κ1) is 15.4. The van der Waals surface area contributed by atoms with Crippen LogP contribution in [-0.4, -0.2) is 5.17 Å². The maximum atomic E-state index is 12.7. The van der Waals surface area contributed by atoms with Crippen molar-refractivity contribution in [2.75, 3.05) is 0 Å². The Labute approximate surface area is 137 Å². The van der Waals surface area contributed by atoms with E-state index in [-0.39, 0.29) is 10.6 Å². The summed E-state index contributed by atoms with van der Waals surface area (Å²) in [7, 11) is 0. The van der Waals surface area contributed by atoms with Gasteiger partial charge in [-0.3, -0.25) is 10.2 Å². The Hall–Kier alpha value is -2.53. The lowest BCUT2D eigenvalue weighted by Crippen LogP contribution is -2.08. The van der Waals surface area contributed by atoms with E-state index in [1.54, 1.807) is 13.0 Å². The molecule has 0 aliphatic heterocycles. The lowest BCUT2D eigenvalue weighted by Gasteiger charge is -2.10. The molecule has 0 atom stereocenters. The summed E-state index contributed by atoms with van der Waals surface area (Å²) in [6, 6.07) is 15.1. The molecule has 0 spiro atoms. The van der Waals surface area contributed by atoms with Crippen LogP contribution >= 0.6 is 11.8 Å². The monoisotopic (exact) mass is 324 g/mol. The molecule has 2 aromatic carbocycles. The quantitative estimate of drug-likeness (QED) is 0.566. The van der Waals surface area contributed by atoms with Gasteiger partial charge in [-0.1, -0.05) is 54.2 Å². The third-order valence-corrected chi connectivity index (χ3v) is 4.41. The van der Waals surface area contributed by atoms with Crippen molar-refractivity contribution in [1.29, 1.82) is 5.41 Å². The van der Waals surface area contributed by atoms with Crippen molar-refractivity contribution in [1.82, 2.24) is 0 Å². The zero-order valence-corrected chi connectivity index (χ0v) is 13.4. The molecule has 4 nitrogen and oxygen atoms in total. The van der Waals surface area contributed by atoms with Gasteiger partial charge in [0, 0.05) is 22.4 Å². The maximum Gasteiger partial charge on any atom is 0.196 e. The van der Waals surface area contributed by atoms with Crippen molar-refractivity contribution in [2.24, 2.45) is 5.73 Å². The highest BCUT2D eigenvalue weighted by atomic mass is 32.2. The van der Waals surface area contributed by atoms with E-state index in [0.717, 1.165) is 11.1 Å². The number of hydrogen-bond donors (Lipinski definition) is 2. The minimum absolute atomic E-state index is 0.0280. The Morgan fingerprint density at radius 1 is 1.17 bits per heavy atom. The van der Waals surface area contributed by atoms with Crippen molar-refractivity contribution in [3.05, 3.63) is 69.9 Å². The molecule has 3 N–H and O–H groups in total. The van der Waals surface area contributed by atoms with Crippen LogP contribution in [-0.2, 0) is 5.75 Å². The number of nitrogens with one attached hydrogen (secondary N) is 1. The number of para-hydroxylation sites is 1. The molecule has 0 aliphatic rings. The number of amidine groups is 1. The molecule has 3 aromatic rings. The zero-order valence-electron chi connectivity index (χ0n) is 12.6. The first-order valence-corrected chi connectivity index (χ1v) is 8.14. The molecule has 0 aliphatic carbocycles. The van der Waals surface area contributed by atoms with Gasteiger partial charge in [-0.2, -0.15) is 0 Å². The number of fused-ring (bicyclic) bond motifs is 1. The lowest BCUT2D eigenvalue weighted by atomic mass is 10.0. The number of hydrogen-bond acceptors (Lipinski definition) is 4. The van der Waals surface area contributed by atoms with Crippen molar-refractivity contribution in [2.45, 2.75) is 12.7 Å². The Morgan fingerprint density at radius 2 is 1.91 bits per heavy atom. The van der Waals surface area contributed by atoms with Gasteiger partial charge >= 0.3 is 0 Å². The minimum atomic E-state index is -0.0280. The van der Waals surface area contributed by atoms with Crippen molar-refractivity contribution >= 4 is 27.9 Å². The van der Waals surface area contributed by atoms with Crippen LogP contribution in [0, 0.1) is 12.3 Å². The summed E-state index contributed by atoms with van der Waals surface area (Å²) < 4.78 is 6.10. The first-order valence-electron chi connectivity index (χ1n) is 7.15. The second-order valence-corrected chi connectivity index (χ2v) is 6.22. The summed E-state index contributed by atoms with van der Waals surface area (Å²) in [6.45, 7) is 1.78. The molecule has 116 valence electrons. The van der Waals surface area contributed by atoms with Crippen LogP contribution in [0.15, 0.2) is 57.7 Å². The second kappa shape index (κ2) is 6.30. The van der Waals surface area contributed by atoms with Crippen molar-refractivity contribution in [3.63, 3.8) is 0 Å². The Morgan fingerprint density at radius 3 is 2.61 bits per heavy atom. The van der Waals surface area contributed by atoms with Crippen LogP contribution in [0.4, 0.5) is 0 Å². The molecule has 0 saturated carbocycles. The SMILES string of the molecule is Cc1c(-c2ccccc2)oc2c(CSC(=N)N)cccc2c1=O. The summed E-state index contributed by atoms with van der Waals surface area (Å²) >= 11 is 1.21. The first-order chi connectivity index (χ1) is 11.1. The van der Waals surface area contributed by atoms with Gasteiger partial charge in [0.25, 0.3) is 0 Å². The van der Waals surface area contributed by atoms with Crippen LogP contribution in [0.3, 0.4) is 0 Å².